The highest BCUT2D eigenvalue weighted by Crippen LogP contribution is 2.57. The number of ether oxygens (including phenoxy) is 3. The van der Waals surface area contributed by atoms with Gasteiger partial charge in [0.15, 0.2) is 18.1 Å². The van der Waals surface area contributed by atoms with Gasteiger partial charge in [-0.25, -0.2) is 0 Å². The van der Waals surface area contributed by atoms with E-state index in [0.29, 0.717) is 41.5 Å². The predicted octanol–water partition coefficient (Wildman–Crippen LogP) is 3.50. The molecule has 1 aliphatic heterocycles. The van der Waals surface area contributed by atoms with Crippen molar-refractivity contribution < 1.29 is 33.9 Å². The van der Waals surface area contributed by atoms with Gasteiger partial charge >= 0.3 is 0 Å². The van der Waals surface area contributed by atoms with Crippen molar-refractivity contribution in [2.75, 3.05) is 13.9 Å². The van der Waals surface area contributed by atoms with Crippen LogP contribution in [0.25, 0.3) is 32.9 Å². The number of phenolic OH excluding ortho intramolecular Hbond substituents is 2. The Labute approximate surface area is 208 Å². The number of phenols is 2. The highest BCUT2D eigenvalue weighted by Gasteiger charge is 2.41. The molecule has 10 nitrogen and oxygen atoms in total. The Morgan fingerprint density at radius 1 is 1.05 bits per heavy atom. The molecule has 7 rings (SSSR count). The van der Waals surface area contributed by atoms with E-state index in [9.17, 15) is 24.9 Å². The SMILES string of the molecule is COC1CCC(O)c2c1oc1c3c4c(c(O)c1c2=O)-c1c(cc2cc(C)[nH]c(=O)c2c1O)CC4OCO3. The molecular weight excluding hydrogens is 482 g/mol. The zero-order chi connectivity index (χ0) is 25.7. The van der Waals surface area contributed by atoms with Crippen LogP contribution in [-0.4, -0.2) is 34.2 Å². The van der Waals surface area contributed by atoms with E-state index in [1.165, 1.54) is 7.11 Å². The molecule has 3 heterocycles. The Kier molecular flexibility index (Phi) is 4.58. The highest BCUT2D eigenvalue weighted by molar-refractivity contribution is 6.05. The van der Waals surface area contributed by atoms with Crippen molar-refractivity contribution in [1.82, 2.24) is 4.98 Å². The minimum atomic E-state index is -1.09. The van der Waals surface area contributed by atoms with Crippen LogP contribution in [0, 0.1) is 6.92 Å². The summed E-state index contributed by atoms with van der Waals surface area (Å²) in [6.45, 7) is 1.64. The smallest absolute Gasteiger partial charge is 0.259 e. The number of aryl methyl sites for hydroxylation is 1. The van der Waals surface area contributed by atoms with E-state index in [2.05, 4.69) is 4.98 Å². The van der Waals surface area contributed by atoms with Crippen LogP contribution < -0.4 is 15.7 Å². The maximum absolute atomic E-state index is 13.8. The van der Waals surface area contributed by atoms with Crippen LogP contribution >= 0.6 is 0 Å². The van der Waals surface area contributed by atoms with Crippen molar-refractivity contribution in [2.24, 2.45) is 0 Å². The summed E-state index contributed by atoms with van der Waals surface area (Å²) >= 11 is 0. The van der Waals surface area contributed by atoms with Crippen LogP contribution in [-0.2, 0) is 15.9 Å². The number of pyridine rings is 1. The number of aromatic hydroxyl groups is 2. The number of hydrogen-bond acceptors (Lipinski definition) is 9. The van der Waals surface area contributed by atoms with Crippen LogP contribution in [0.5, 0.6) is 17.2 Å². The first-order valence-electron chi connectivity index (χ1n) is 12.0. The first-order valence-corrected chi connectivity index (χ1v) is 12.0. The monoisotopic (exact) mass is 505 g/mol. The number of benzene rings is 2. The van der Waals surface area contributed by atoms with Gasteiger partial charge in [0.1, 0.15) is 28.7 Å². The minimum Gasteiger partial charge on any atom is -0.506 e. The van der Waals surface area contributed by atoms with Crippen molar-refractivity contribution in [2.45, 2.75) is 44.5 Å². The number of hydrogen-bond donors (Lipinski definition) is 4. The van der Waals surface area contributed by atoms with Crippen molar-refractivity contribution in [1.29, 1.82) is 0 Å². The summed E-state index contributed by atoms with van der Waals surface area (Å²) in [5, 5.41) is 34.1. The van der Waals surface area contributed by atoms with Crippen molar-refractivity contribution in [3.63, 3.8) is 0 Å². The Morgan fingerprint density at radius 3 is 2.62 bits per heavy atom. The van der Waals surface area contributed by atoms with Crippen LogP contribution in [0.15, 0.2) is 26.1 Å². The largest absolute Gasteiger partial charge is 0.506 e. The summed E-state index contributed by atoms with van der Waals surface area (Å²) in [6.07, 6.45) is -1.08. The second-order valence-corrected chi connectivity index (χ2v) is 9.82. The van der Waals surface area contributed by atoms with Crippen molar-refractivity contribution >= 4 is 21.7 Å². The Morgan fingerprint density at radius 2 is 1.84 bits per heavy atom. The van der Waals surface area contributed by atoms with Crippen molar-refractivity contribution in [3.8, 4) is 28.4 Å². The first kappa shape index (κ1) is 22.3. The molecule has 190 valence electrons. The van der Waals surface area contributed by atoms with Gasteiger partial charge in [-0.2, -0.15) is 0 Å². The fourth-order valence-corrected chi connectivity index (χ4v) is 6.17. The average Bonchev–Trinajstić information content (AvgIpc) is 2.85. The third kappa shape index (κ3) is 2.85. The minimum absolute atomic E-state index is 0.0293. The van der Waals surface area contributed by atoms with E-state index in [1.807, 2.05) is 0 Å². The fourth-order valence-electron chi connectivity index (χ4n) is 6.17. The Balaban J connectivity index is 1.65. The summed E-state index contributed by atoms with van der Waals surface area (Å²) in [7, 11) is 1.50. The number of methoxy groups -OCH3 is 1. The molecule has 3 unspecified atom stereocenters. The number of rotatable bonds is 1. The molecule has 0 spiro atoms. The molecule has 0 bridgehead atoms. The third-order valence-electron chi connectivity index (χ3n) is 7.76. The molecule has 0 fully saturated rings. The highest BCUT2D eigenvalue weighted by atomic mass is 16.7. The van der Waals surface area contributed by atoms with Gasteiger partial charge in [-0.05, 0) is 42.8 Å². The predicted molar refractivity (Wildman–Crippen MR) is 131 cm³/mol. The molecule has 4 N–H and O–H groups in total. The number of aromatic amines is 1. The quantitative estimate of drug-likeness (QED) is 0.305. The molecule has 10 heteroatoms. The summed E-state index contributed by atoms with van der Waals surface area (Å²) in [6, 6.07) is 3.55. The van der Waals surface area contributed by atoms with E-state index >= 15 is 0 Å². The average molecular weight is 505 g/mol. The van der Waals surface area contributed by atoms with Gasteiger partial charge in [0.25, 0.3) is 5.56 Å². The number of fused-ring (bicyclic) bond motifs is 6. The summed E-state index contributed by atoms with van der Waals surface area (Å²) in [5.41, 5.74) is 1.08. The second-order valence-electron chi connectivity index (χ2n) is 9.82. The normalized spacial score (nSPS) is 21.9. The van der Waals surface area contributed by atoms with Crippen LogP contribution in [0.2, 0.25) is 0 Å². The van der Waals surface area contributed by atoms with Gasteiger partial charge in [0.2, 0.25) is 5.43 Å². The fraction of sp³-hybridized carbons (Fsp3) is 0.333. The zero-order valence-electron chi connectivity index (χ0n) is 20.0. The van der Waals surface area contributed by atoms with Crippen LogP contribution in [0.3, 0.4) is 0 Å². The lowest BCUT2D eigenvalue weighted by atomic mass is 9.79. The number of aliphatic hydroxyl groups is 1. The molecule has 3 atom stereocenters. The number of nitrogens with one attached hydrogen (secondary N) is 1. The maximum atomic E-state index is 13.8. The second kappa shape index (κ2) is 7.58. The lowest BCUT2D eigenvalue weighted by Gasteiger charge is -2.35. The number of aliphatic hydroxyl groups excluding tert-OH is 1. The molecule has 2 aromatic heterocycles. The summed E-state index contributed by atoms with van der Waals surface area (Å²) in [5.74, 6) is -0.323. The molecule has 2 aromatic carbocycles. The van der Waals surface area contributed by atoms with E-state index in [0.717, 1.165) is 0 Å². The molecule has 3 aliphatic rings. The topological polar surface area (TPSA) is 151 Å². The molecule has 0 saturated carbocycles. The van der Waals surface area contributed by atoms with Crippen LogP contribution in [0.4, 0.5) is 0 Å². The lowest BCUT2D eigenvalue weighted by molar-refractivity contribution is -0.0592. The number of H-pyrrole nitrogens is 1. The molecule has 0 amide bonds. The van der Waals surface area contributed by atoms with Gasteiger partial charge in [0, 0.05) is 35.9 Å². The van der Waals surface area contributed by atoms with Gasteiger partial charge in [0.05, 0.1) is 23.2 Å². The molecular formula is C27H23NO9. The van der Waals surface area contributed by atoms with E-state index < -0.39 is 35.0 Å². The number of aromatic nitrogens is 1. The lowest BCUT2D eigenvalue weighted by Crippen LogP contribution is -2.27. The zero-order valence-corrected chi connectivity index (χ0v) is 20.0. The Hall–Kier alpha value is -3.86. The molecule has 0 radical (unpaired) electrons. The molecule has 2 aliphatic carbocycles. The maximum Gasteiger partial charge on any atom is 0.259 e. The molecule has 37 heavy (non-hydrogen) atoms. The Bertz CT molecular complexity index is 1780. The van der Waals surface area contributed by atoms with E-state index in [1.54, 1.807) is 19.1 Å². The van der Waals surface area contributed by atoms with Gasteiger partial charge < -0.3 is 38.9 Å². The molecule has 0 saturated heterocycles. The van der Waals surface area contributed by atoms with Gasteiger partial charge in [-0.1, -0.05) is 0 Å². The summed E-state index contributed by atoms with van der Waals surface area (Å²) in [4.78, 5) is 29.3. The van der Waals surface area contributed by atoms with Gasteiger partial charge in [-0.3, -0.25) is 9.59 Å². The van der Waals surface area contributed by atoms with Gasteiger partial charge in [-0.15, -0.1) is 0 Å². The van der Waals surface area contributed by atoms with E-state index in [-0.39, 0.29) is 57.1 Å². The molecule has 4 aromatic rings. The van der Waals surface area contributed by atoms with Crippen LogP contribution in [0.1, 0.15) is 59.3 Å². The van der Waals surface area contributed by atoms with E-state index in [4.69, 9.17) is 18.6 Å². The standard InChI is InChI=1S/C27H23NO9/c1-9-5-10-6-11-7-14-18-19(15(11)21(30)16(10)27(33)28-9)23(32)20-22(31)17-12(29)3-4-13(34-2)24(17)37-26(20)25(18)36-8-35-14/h5-6,12-14,29-30,32H,3-4,7-8H2,1-2H3,(H,28,33). The third-order valence-corrected chi connectivity index (χ3v) is 7.76. The summed E-state index contributed by atoms with van der Waals surface area (Å²) < 4.78 is 23.4. The first-order chi connectivity index (χ1) is 17.8. The van der Waals surface area contributed by atoms with Crippen molar-refractivity contribution in [3.05, 3.63) is 60.9 Å².